The molecule has 32 heavy (non-hydrogen) atoms. The van der Waals surface area contributed by atoms with Crippen LogP contribution in [0.1, 0.15) is 16.8 Å². The lowest BCUT2D eigenvalue weighted by Gasteiger charge is -2.15. The second kappa shape index (κ2) is 7.97. The van der Waals surface area contributed by atoms with Crippen LogP contribution in [0.4, 0.5) is 17.6 Å². The highest BCUT2D eigenvalue weighted by Gasteiger charge is 2.36. The van der Waals surface area contributed by atoms with Gasteiger partial charge in [0.15, 0.2) is 5.65 Å². The van der Waals surface area contributed by atoms with Gasteiger partial charge in [0, 0.05) is 16.6 Å². The molecule has 0 aliphatic heterocycles. The zero-order chi connectivity index (χ0) is 23.0. The molecule has 0 radical (unpaired) electrons. The number of alkyl halides is 3. The third kappa shape index (κ3) is 4.13. The van der Waals surface area contributed by atoms with Gasteiger partial charge in [-0.2, -0.15) is 23.5 Å². The van der Waals surface area contributed by atoms with E-state index in [4.69, 9.17) is 21.6 Å². The molecule has 0 aliphatic carbocycles. The number of hydrogen-bond donors (Lipinski definition) is 1. The van der Waals surface area contributed by atoms with Gasteiger partial charge in [-0.15, -0.1) is 0 Å². The second-order valence-electron chi connectivity index (χ2n) is 6.61. The van der Waals surface area contributed by atoms with Gasteiger partial charge in [0.05, 0.1) is 30.1 Å². The monoisotopic (exact) mass is 463 g/mol. The van der Waals surface area contributed by atoms with Crippen molar-refractivity contribution in [3.63, 3.8) is 0 Å². The van der Waals surface area contributed by atoms with Crippen molar-refractivity contribution in [1.29, 1.82) is 5.26 Å². The van der Waals surface area contributed by atoms with Crippen molar-refractivity contribution in [2.24, 2.45) is 0 Å². The average Bonchev–Trinajstić information content (AvgIpc) is 3.11. The molecule has 0 saturated carbocycles. The normalized spacial score (nSPS) is 11.5. The molecule has 12 heteroatoms. The number of nitrogens with zero attached hydrogens (tertiary/aromatic N) is 4. The number of aromatic amines is 1. The maximum Gasteiger partial charge on any atom is 0.420 e. The Balaban J connectivity index is 1.81. The van der Waals surface area contributed by atoms with Gasteiger partial charge in [-0.1, -0.05) is 11.6 Å². The molecule has 0 spiro atoms. The summed E-state index contributed by atoms with van der Waals surface area (Å²) in [5, 5.41) is 15.8. The Bertz CT molecular complexity index is 1440. The predicted molar refractivity (Wildman–Crippen MR) is 105 cm³/mol. The molecule has 0 saturated heterocycles. The molecule has 7 nitrogen and oxygen atoms in total. The van der Waals surface area contributed by atoms with Crippen LogP contribution in [0, 0.1) is 17.1 Å². The largest absolute Gasteiger partial charge is 0.451 e. The number of halogens is 5. The van der Waals surface area contributed by atoms with Gasteiger partial charge in [0.1, 0.15) is 17.1 Å². The predicted octanol–water partition coefficient (Wildman–Crippen LogP) is 4.64. The Morgan fingerprint density at radius 1 is 1.25 bits per heavy atom. The van der Waals surface area contributed by atoms with E-state index >= 15 is 0 Å². The Kier molecular flexibility index (Phi) is 5.31. The number of rotatable bonds is 4. The number of nitrogens with one attached hydrogen (secondary N) is 1. The zero-order valence-electron chi connectivity index (χ0n) is 15.7. The van der Waals surface area contributed by atoms with E-state index in [-0.39, 0.29) is 39.6 Å². The highest BCUT2D eigenvalue weighted by Crippen LogP contribution is 2.36. The summed E-state index contributed by atoms with van der Waals surface area (Å²) in [5.41, 5.74) is -1.93. The summed E-state index contributed by atoms with van der Waals surface area (Å²) < 4.78 is 60.4. The van der Waals surface area contributed by atoms with Crippen LogP contribution in [-0.4, -0.2) is 19.7 Å². The topological polar surface area (TPSA) is 96.6 Å². The molecular weight excluding hydrogens is 454 g/mol. The molecular formula is C20H10ClF4N5O2. The van der Waals surface area contributed by atoms with Crippen molar-refractivity contribution in [2.45, 2.75) is 12.7 Å². The summed E-state index contributed by atoms with van der Waals surface area (Å²) in [4.78, 5) is 16.7. The Morgan fingerprint density at radius 2 is 2.03 bits per heavy atom. The van der Waals surface area contributed by atoms with E-state index < -0.39 is 28.9 Å². The summed E-state index contributed by atoms with van der Waals surface area (Å²) in [6.45, 7) is -0.256. The van der Waals surface area contributed by atoms with E-state index in [9.17, 15) is 22.4 Å². The van der Waals surface area contributed by atoms with Gasteiger partial charge >= 0.3 is 6.18 Å². The minimum Gasteiger partial charge on any atom is -0.451 e. The Labute approximate surface area is 181 Å². The van der Waals surface area contributed by atoms with Crippen molar-refractivity contribution in [2.75, 3.05) is 0 Å². The van der Waals surface area contributed by atoms with Crippen LogP contribution in [0.5, 0.6) is 11.5 Å². The fraction of sp³-hybridized carbons (Fsp3) is 0.100. The third-order valence-electron chi connectivity index (χ3n) is 4.43. The molecule has 1 aromatic carbocycles. The molecule has 3 aromatic heterocycles. The maximum absolute atomic E-state index is 13.5. The number of fused-ring (bicyclic) bond motifs is 1. The number of hydrogen-bond acceptors (Lipinski definition) is 5. The minimum absolute atomic E-state index is 0.0378. The molecule has 162 valence electrons. The number of pyridine rings is 2. The highest BCUT2D eigenvalue weighted by atomic mass is 35.5. The number of ether oxygens (including phenoxy) is 1. The average molecular weight is 464 g/mol. The van der Waals surface area contributed by atoms with Crippen LogP contribution in [0.15, 0.2) is 47.5 Å². The summed E-state index contributed by atoms with van der Waals surface area (Å²) in [6, 6.07) is 7.24. The van der Waals surface area contributed by atoms with Gasteiger partial charge in [-0.05, 0) is 30.3 Å². The number of benzene rings is 1. The van der Waals surface area contributed by atoms with Gasteiger partial charge in [0.25, 0.3) is 5.56 Å². The van der Waals surface area contributed by atoms with Crippen molar-refractivity contribution in [3.8, 4) is 17.6 Å². The van der Waals surface area contributed by atoms with Gasteiger partial charge in [-0.3, -0.25) is 9.89 Å². The van der Waals surface area contributed by atoms with E-state index in [0.717, 1.165) is 29.1 Å². The molecule has 0 bridgehead atoms. The quantitative estimate of drug-likeness (QED) is 0.445. The molecule has 4 aromatic rings. The fourth-order valence-electron chi connectivity index (χ4n) is 3.02. The number of aromatic nitrogens is 4. The van der Waals surface area contributed by atoms with Crippen molar-refractivity contribution < 1.29 is 22.3 Å². The lowest BCUT2D eigenvalue weighted by molar-refractivity contribution is -0.138. The molecule has 3 heterocycles. The van der Waals surface area contributed by atoms with Crippen LogP contribution < -0.4 is 10.3 Å². The molecule has 0 fully saturated rings. The summed E-state index contributed by atoms with van der Waals surface area (Å²) >= 11 is 5.87. The van der Waals surface area contributed by atoms with Crippen molar-refractivity contribution in [3.05, 3.63) is 80.7 Å². The zero-order valence-corrected chi connectivity index (χ0v) is 16.5. The second-order valence-corrected chi connectivity index (χ2v) is 7.04. The van der Waals surface area contributed by atoms with E-state index in [0.29, 0.717) is 6.07 Å². The lowest BCUT2D eigenvalue weighted by atomic mass is 10.2. The first-order chi connectivity index (χ1) is 15.2. The van der Waals surface area contributed by atoms with Gasteiger partial charge in [-0.25, -0.2) is 9.37 Å². The first kappa shape index (κ1) is 21.3. The van der Waals surface area contributed by atoms with Gasteiger partial charge < -0.3 is 9.30 Å². The molecule has 4 rings (SSSR count). The molecule has 0 amide bonds. The Morgan fingerprint density at radius 3 is 2.75 bits per heavy atom. The van der Waals surface area contributed by atoms with E-state index in [1.54, 1.807) is 6.07 Å². The summed E-state index contributed by atoms with van der Waals surface area (Å²) in [6.07, 6.45) is -2.99. The summed E-state index contributed by atoms with van der Waals surface area (Å²) in [7, 11) is 0. The molecule has 0 aliphatic rings. The van der Waals surface area contributed by atoms with E-state index in [2.05, 4.69) is 15.2 Å². The number of H-pyrrole nitrogens is 1. The Hall–Kier alpha value is -3.91. The van der Waals surface area contributed by atoms with Crippen molar-refractivity contribution in [1.82, 2.24) is 19.7 Å². The highest BCUT2D eigenvalue weighted by molar-refractivity contribution is 6.30. The molecule has 0 atom stereocenters. The van der Waals surface area contributed by atoms with Crippen LogP contribution in [-0.2, 0) is 12.7 Å². The van der Waals surface area contributed by atoms with Crippen LogP contribution in [0.25, 0.3) is 11.0 Å². The van der Waals surface area contributed by atoms with Crippen molar-refractivity contribution >= 4 is 22.6 Å². The fourth-order valence-corrected chi connectivity index (χ4v) is 3.24. The molecule has 0 unspecified atom stereocenters. The van der Waals surface area contributed by atoms with E-state index in [1.807, 2.05) is 0 Å². The van der Waals surface area contributed by atoms with Crippen LogP contribution in [0.3, 0.4) is 0 Å². The first-order valence-corrected chi connectivity index (χ1v) is 9.21. The standard InChI is InChI=1S/C20H10ClF4N5O2/c21-11-3-10(7-26)4-13(5-11)32-17-15(20(23,24)25)1-2-30(19(17)31)9-16-14-6-12(22)8-27-18(14)29-28-16/h1-6,8H,9H2,(H,27,28,29). The lowest BCUT2D eigenvalue weighted by Crippen LogP contribution is -2.25. The SMILES string of the molecule is N#Cc1cc(Cl)cc(Oc2c(C(F)(F)F)ccn(Cc3[nH]nc4ncc(F)cc34)c2=O)c1. The van der Waals surface area contributed by atoms with Crippen LogP contribution >= 0.6 is 11.6 Å². The maximum atomic E-state index is 13.5. The number of nitriles is 1. The smallest absolute Gasteiger partial charge is 0.420 e. The first-order valence-electron chi connectivity index (χ1n) is 8.83. The van der Waals surface area contributed by atoms with E-state index in [1.165, 1.54) is 12.1 Å². The van der Waals surface area contributed by atoms with Gasteiger partial charge in [0.2, 0.25) is 5.75 Å². The third-order valence-corrected chi connectivity index (χ3v) is 4.65. The minimum atomic E-state index is -4.89. The van der Waals surface area contributed by atoms with Crippen LogP contribution in [0.2, 0.25) is 5.02 Å². The summed E-state index contributed by atoms with van der Waals surface area (Å²) in [5.74, 6) is -1.86. The molecule has 1 N–H and O–H groups in total.